The molecule has 2 unspecified atom stereocenters. The van der Waals surface area contributed by atoms with Gasteiger partial charge in [-0.25, -0.2) is 9.67 Å². The average molecular weight is 169 g/mol. The van der Waals surface area contributed by atoms with Crippen LogP contribution in [0.15, 0.2) is 12.7 Å². The lowest BCUT2D eigenvalue weighted by Crippen LogP contribution is -2.34. The summed E-state index contributed by atoms with van der Waals surface area (Å²) in [5, 5.41) is 13.5. The second-order valence-corrected chi connectivity index (χ2v) is 2.87. The van der Waals surface area contributed by atoms with Gasteiger partial charge < -0.3 is 9.84 Å². The Morgan fingerprint density at radius 1 is 1.58 bits per heavy atom. The first-order valence-electron chi connectivity index (χ1n) is 3.98. The third kappa shape index (κ3) is 1.33. The molecule has 5 heteroatoms. The van der Waals surface area contributed by atoms with E-state index in [2.05, 4.69) is 10.1 Å². The van der Waals surface area contributed by atoms with Gasteiger partial charge in [-0.3, -0.25) is 0 Å². The van der Waals surface area contributed by atoms with E-state index in [-0.39, 0.29) is 12.1 Å². The number of hydrogen-bond acceptors (Lipinski definition) is 4. The zero-order valence-electron chi connectivity index (χ0n) is 6.63. The molecule has 0 aliphatic carbocycles. The van der Waals surface area contributed by atoms with E-state index in [9.17, 15) is 5.11 Å². The van der Waals surface area contributed by atoms with Crippen molar-refractivity contribution in [1.82, 2.24) is 14.8 Å². The van der Waals surface area contributed by atoms with Crippen LogP contribution in [0.1, 0.15) is 12.5 Å². The van der Waals surface area contributed by atoms with Gasteiger partial charge in [0.2, 0.25) is 0 Å². The lowest BCUT2D eigenvalue weighted by atomic mass is 10.1. The van der Waals surface area contributed by atoms with Crippen LogP contribution >= 0.6 is 0 Å². The monoisotopic (exact) mass is 169 g/mol. The van der Waals surface area contributed by atoms with Crippen LogP contribution in [0.5, 0.6) is 0 Å². The van der Waals surface area contributed by atoms with Crippen molar-refractivity contribution in [2.24, 2.45) is 0 Å². The molecule has 0 radical (unpaired) electrons. The normalized spacial score (nSPS) is 30.4. The van der Waals surface area contributed by atoms with E-state index in [1.54, 1.807) is 11.0 Å². The Balaban J connectivity index is 2.11. The Bertz CT molecular complexity index is 237. The van der Waals surface area contributed by atoms with Gasteiger partial charge in [0.05, 0.1) is 12.7 Å². The summed E-state index contributed by atoms with van der Waals surface area (Å²) in [6.07, 6.45) is 3.37. The first-order chi connectivity index (χ1) is 5.88. The Morgan fingerprint density at radius 3 is 3.17 bits per heavy atom. The average Bonchev–Trinajstić information content (AvgIpc) is 2.57. The molecule has 1 fully saturated rings. The number of aliphatic hydroxyl groups is 1. The molecule has 1 aliphatic rings. The number of hydrogen-bond donors (Lipinski definition) is 1. The highest BCUT2D eigenvalue weighted by Crippen LogP contribution is 2.18. The van der Waals surface area contributed by atoms with Gasteiger partial charge in [-0.05, 0) is 6.42 Å². The maximum absolute atomic E-state index is 9.57. The molecule has 1 aromatic rings. The van der Waals surface area contributed by atoms with Gasteiger partial charge in [0.1, 0.15) is 18.7 Å². The summed E-state index contributed by atoms with van der Waals surface area (Å²) < 4.78 is 6.87. The smallest absolute Gasteiger partial charge is 0.137 e. The van der Waals surface area contributed by atoms with Gasteiger partial charge >= 0.3 is 0 Å². The SMILES string of the molecule is OC1CCOCC1n1cncn1. The minimum atomic E-state index is -0.361. The van der Waals surface area contributed by atoms with Crippen molar-refractivity contribution >= 4 is 0 Å². The largest absolute Gasteiger partial charge is 0.391 e. The van der Waals surface area contributed by atoms with Crippen LogP contribution in [0.3, 0.4) is 0 Å². The zero-order valence-corrected chi connectivity index (χ0v) is 6.63. The minimum Gasteiger partial charge on any atom is -0.391 e. The molecule has 0 aromatic carbocycles. The van der Waals surface area contributed by atoms with Crippen molar-refractivity contribution in [3.05, 3.63) is 12.7 Å². The highest BCUT2D eigenvalue weighted by Gasteiger charge is 2.25. The zero-order chi connectivity index (χ0) is 8.39. The van der Waals surface area contributed by atoms with E-state index in [0.29, 0.717) is 19.6 Å². The Kier molecular flexibility index (Phi) is 2.05. The molecule has 0 saturated carbocycles. The lowest BCUT2D eigenvalue weighted by Gasteiger charge is -2.27. The Hall–Kier alpha value is -0.940. The van der Waals surface area contributed by atoms with Crippen molar-refractivity contribution in [2.75, 3.05) is 13.2 Å². The van der Waals surface area contributed by atoms with E-state index in [1.165, 1.54) is 6.33 Å². The standard InChI is InChI=1S/C7H11N3O2/c11-7-1-2-12-3-6(7)10-5-8-4-9-10/h4-7,11H,1-3H2. The van der Waals surface area contributed by atoms with Crippen molar-refractivity contribution in [1.29, 1.82) is 0 Å². The second kappa shape index (κ2) is 3.20. The van der Waals surface area contributed by atoms with Gasteiger partial charge in [-0.15, -0.1) is 0 Å². The van der Waals surface area contributed by atoms with Gasteiger partial charge in [-0.2, -0.15) is 5.10 Å². The van der Waals surface area contributed by atoms with Crippen LogP contribution in [0.4, 0.5) is 0 Å². The summed E-state index contributed by atoms with van der Waals surface area (Å²) in [5.41, 5.74) is 0. The van der Waals surface area contributed by atoms with E-state index < -0.39 is 0 Å². The molecule has 1 N–H and O–H groups in total. The summed E-state index contributed by atoms with van der Waals surface area (Å²) in [5.74, 6) is 0. The van der Waals surface area contributed by atoms with Crippen LogP contribution in [0, 0.1) is 0 Å². The van der Waals surface area contributed by atoms with Crippen molar-refractivity contribution in [2.45, 2.75) is 18.6 Å². The van der Waals surface area contributed by atoms with Crippen molar-refractivity contribution in [3.63, 3.8) is 0 Å². The molecule has 2 atom stereocenters. The predicted molar refractivity (Wildman–Crippen MR) is 40.5 cm³/mol. The number of aromatic nitrogens is 3. The quantitative estimate of drug-likeness (QED) is 0.621. The summed E-state index contributed by atoms with van der Waals surface area (Å²) >= 11 is 0. The molecule has 1 aromatic heterocycles. The van der Waals surface area contributed by atoms with Crippen molar-refractivity contribution in [3.8, 4) is 0 Å². The predicted octanol–water partition coefficient (Wildman–Crippen LogP) is -0.400. The summed E-state index contributed by atoms with van der Waals surface area (Å²) in [6, 6.07) is -0.0683. The minimum absolute atomic E-state index is 0.0683. The fourth-order valence-corrected chi connectivity index (χ4v) is 1.35. The summed E-state index contributed by atoms with van der Waals surface area (Å²) in [6.45, 7) is 1.15. The molecule has 1 aliphatic heterocycles. The molecule has 66 valence electrons. The second-order valence-electron chi connectivity index (χ2n) is 2.87. The first-order valence-corrected chi connectivity index (χ1v) is 3.98. The molecular formula is C7H11N3O2. The van der Waals surface area contributed by atoms with Crippen LogP contribution in [0.2, 0.25) is 0 Å². The van der Waals surface area contributed by atoms with E-state index >= 15 is 0 Å². The van der Waals surface area contributed by atoms with Gasteiger partial charge in [-0.1, -0.05) is 0 Å². The van der Waals surface area contributed by atoms with Gasteiger partial charge in [0.15, 0.2) is 0 Å². The fourth-order valence-electron chi connectivity index (χ4n) is 1.35. The maximum atomic E-state index is 9.57. The molecule has 0 bridgehead atoms. The molecular weight excluding hydrogens is 158 g/mol. The summed E-state index contributed by atoms with van der Waals surface area (Å²) in [4.78, 5) is 3.82. The van der Waals surface area contributed by atoms with Crippen LogP contribution in [0.25, 0.3) is 0 Å². The summed E-state index contributed by atoms with van der Waals surface area (Å²) in [7, 11) is 0. The Labute approximate surface area is 70.0 Å². The lowest BCUT2D eigenvalue weighted by molar-refractivity contribution is -0.0331. The molecule has 0 spiro atoms. The van der Waals surface area contributed by atoms with Crippen LogP contribution in [-0.4, -0.2) is 39.2 Å². The van der Waals surface area contributed by atoms with Gasteiger partial charge in [0.25, 0.3) is 0 Å². The number of nitrogens with zero attached hydrogens (tertiary/aromatic N) is 3. The molecule has 2 rings (SSSR count). The molecule has 12 heavy (non-hydrogen) atoms. The maximum Gasteiger partial charge on any atom is 0.137 e. The topological polar surface area (TPSA) is 60.2 Å². The van der Waals surface area contributed by atoms with Crippen molar-refractivity contribution < 1.29 is 9.84 Å². The van der Waals surface area contributed by atoms with Crippen LogP contribution < -0.4 is 0 Å². The van der Waals surface area contributed by atoms with E-state index in [1.807, 2.05) is 0 Å². The highest BCUT2D eigenvalue weighted by atomic mass is 16.5. The first kappa shape index (κ1) is 7.70. The van der Waals surface area contributed by atoms with E-state index in [0.717, 1.165) is 0 Å². The number of ether oxygens (including phenoxy) is 1. The number of rotatable bonds is 1. The fraction of sp³-hybridized carbons (Fsp3) is 0.714. The third-order valence-electron chi connectivity index (χ3n) is 2.07. The van der Waals surface area contributed by atoms with Gasteiger partial charge in [0, 0.05) is 6.61 Å². The third-order valence-corrected chi connectivity index (χ3v) is 2.07. The molecule has 2 heterocycles. The van der Waals surface area contributed by atoms with E-state index in [4.69, 9.17) is 4.74 Å². The molecule has 1 saturated heterocycles. The molecule has 5 nitrogen and oxygen atoms in total. The van der Waals surface area contributed by atoms with Crippen LogP contribution in [-0.2, 0) is 4.74 Å². The highest BCUT2D eigenvalue weighted by molar-refractivity contribution is 4.78. The number of aliphatic hydroxyl groups excluding tert-OH is 1. The Morgan fingerprint density at radius 2 is 2.50 bits per heavy atom. The molecule has 0 amide bonds.